The van der Waals surface area contributed by atoms with Gasteiger partial charge in [-0.1, -0.05) is 0 Å². The van der Waals surface area contributed by atoms with Crippen molar-refractivity contribution in [3.05, 3.63) is 65.4 Å². The molecular weight excluding hydrogens is 372 g/mol. The summed E-state index contributed by atoms with van der Waals surface area (Å²) < 4.78 is 16.0. The Hall–Kier alpha value is -3.55. The summed E-state index contributed by atoms with van der Waals surface area (Å²) in [7, 11) is 3.26. The summed E-state index contributed by atoms with van der Waals surface area (Å²) in [5.41, 5.74) is 2.66. The molecule has 1 N–H and O–H groups in total. The molecule has 29 heavy (non-hydrogen) atoms. The Balaban J connectivity index is 1.49. The zero-order chi connectivity index (χ0) is 20.2. The Kier molecular flexibility index (Phi) is 5.33. The number of fused-ring (bicyclic) bond motifs is 1. The Bertz CT molecular complexity index is 1000. The van der Waals surface area contributed by atoms with Crippen molar-refractivity contribution in [1.82, 2.24) is 15.3 Å². The van der Waals surface area contributed by atoms with Crippen LogP contribution in [0.25, 0.3) is 0 Å². The number of benzene rings is 1. The predicted octanol–water partition coefficient (Wildman–Crippen LogP) is 2.58. The highest BCUT2D eigenvalue weighted by atomic mass is 16.5. The van der Waals surface area contributed by atoms with E-state index in [1.807, 2.05) is 12.1 Å². The molecule has 150 valence electrons. The van der Waals surface area contributed by atoms with Crippen LogP contribution in [0.15, 0.2) is 47.2 Å². The van der Waals surface area contributed by atoms with Crippen LogP contribution in [0.3, 0.4) is 0 Å². The van der Waals surface area contributed by atoms with Gasteiger partial charge in [0.1, 0.15) is 11.5 Å². The van der Waals surface area contributed by atoms with Crippen molar-refractivity contribution in [3.63, 3.8) is 0 Å². The number of methoxy groups -OCH3 is 2. The molecule has 0 fully saturated rings. The number of ether oxygens (including phenoxy) is 2. The molecule has 0 saturated carbocycles. The highest BCUT2D eigenvalue weighted by molar-refractivity contribution is 5.92. The molecule has 1 aliphatic heterocycles. The summed E-state index contributed by atoms with van der Waals surface area (Å²) in [6.07, 6.45) is 4.01. The topological polar surface area (TPSA) is 89.7 Å². The standard InChI is InChI=1S/C21H22N4O4/c1-27-18-10-14-6-8-25(13-15(14)11-19(18)28-2)21-22-7-5-17(24-21)20(26)23-12-16-4-3-9-29-16/h3-5,7,9-11H,6,8,12-13H2,1-2H3,(H,23,26). The van der Waals surface area contributed by atoms with Gasteiger partial charge in [-0.15, -0.1) is 0 Å². The van der Waals surface area contributed by atoms with Crippen molar-refractivity contribution >= 4 is 11.9 Å². The van der Waals surface area contributed by atoms with Gasteiger partial charge in [0.2, 0.25) is 5.95 Å². The summed E-state index contributed by atoms with van der Waals surface area (Å²) in [4.78, 5) is 23.3. The zero-order valence-corrected chi connectivity index (χ0v) is 16.3. The van der Waals surface area contributed by atoms with Gasteiger partial charge < -0.3 is 24.1 Å². The summed E-state index contributed by atoms with van der Waals surface area (Å²) in [6.45, 7) is 1.69. The third-order valence-electron chi connectivity index (χ3n) is 4.88. The molecule has 1 aliphatic rings. The van der Waals surface area contributed by atoms with Crippen molar-refractivity contribution in [3.8, 4) is 11.5 Å². The maximum Gasteiger partial charge on any atom is 0.270 e. The lowest BCUT2D eigenvalue weighted by atomic mass is 9.99. The molecular formula is C21H22N4O4. The molecule has 0 atom stereocenters. The van der Waals surface area contributed by atoms with E-state index in [1.54, 1.807) is 44.9 Å². The fourth-order valence-electron chi connectivity index (χ4n) is 3.35. The molecule has 0 aliphatic carbocycles. The number of aromatic nitrogens is 2. The molecule has 0 unspecified atom stereocenters. The Morgan fingerprint density at radius 2 is 2.00 bits per heavy atom. The largest absolute Gasteiger partial charge is 0.493 e. The second kappa shape index (κ2) is 8.22. The lowest BCUT2D eigenvalue weighted by Gasteiger charge is -2.29. The van der Waals surface area contributed by atoms with Gasteiger partial charge in [-0.25, -0.2) is 9.97 Å². The van der Waals surface area contributed by atoms with Crippen LogP contribution in [0, 0.1) is 0 Å². The molecule has 4 rings (SSSR count). The van der Waals surface area contributed by atoms with E-state index >= 15 is 0 Å². The van der Waals surface area contributed by atoms with Gasteiger partial charge in [-0.2, -0.15) is 0 Å². The number of hydrogen-bond donors (Lipinski definition) is 1. The molecule has 0 bridgehead atoms. The van der Waals surface area contributed by atoms with Crippen molar-refractivity contribution in [2.24, 2.45) is 0 Å². The second-order valence-electron chi connectivity index (χ2n) is 6.65. The van der Waals surface area contributed by atoms with E-state index in [-0.39, 0.29) is 5.91 Å². The fraction of sp³-hybridized carbons (Fsp3) is 0.286. The van der Waals surface area contributed by atoms with Crippen LogP contribution in [0.5, 0.6) is 11.5 Å². The molecule has 3 aromatic rings. The monoisotopic (exact) mass is 394 g/mol. The summed E-state index contributed by atoms with van der Waals surface area (Å²) in [6, 6.07) is 9.20. The average Bonchev–Trinajstić information content (AvgIpc) is 3.29. The van der Waals surface area contributed by atoms with Crippen LogP contribution in [-0.4, -0.2) is 36.6 Å². The van der Waals surface area contributed by atoms with Gasteiger partial charge in [0.05, 0.1) is 27.0 Å². The highest BCUT2D eigenvalue weighted by Gasteiger charge is 2.22. The third-order valence-corrected chi connectivity index (χ3v) is 4.88. The third kappa shape index (κ3) is 4.01. The van der Waals surface area contributed by atoms with Crippen LogP contribution in [0.1, 0.15) is 27.4 Å². The first-order valence-corrected chi connectivity index (χ1v) is 9.30. The normalized spacial score (nSPS) is 13.0. The van der Waals surface area contributed by atoms with Gasteiger partial charge in [0.25, 0.3) is 5.91 Å². The number of carbonyl (C=O) groups excluding carboxylic acids is 1. The Morgan fingerprint density at radius 1 is 1.21 bits per heavy atom. The Labute approximate surface area is 168 Å². The number of amides is 1. The van der Waals surface area contributed by atoms with Gasteiger partial charge in [-0.3, -0.25) is 4.79 Å². The number of nitrogens with zero attached hydrogens (tertiary/aromatic N) is 3. The summed E-state index contributed by atoms with van der Waals surface area (Å²) >= 11 is 0. The molecule has 1 amide bonds. The van der Waals surface area contributed by atoms with Crippen molar-refractivity contribution in [1.29, 1.82) is 0 Å². The SMILES string of the molecule is COc1cc2c(cc1OC)CN(c1nccc(C(=O)NCc3ccco3)n1)CC2. The van der Waals surface area contributed by atoms with Gasteiger partial charge in [0, 0.05) is 19.3 Å². The minimum absolute atomic E-state index is 0.270. The van der Waals surface area contributed by atoms with Crippen LogP contribution in [0.2, 0.25) is 0 Å². The minimum atomic E-state index is -0.270. The quantitative estimate of drug-likeness (QED) is 0.687. The molecule has 0 radical (unpaired) electrons. The lowest BCUT2D eigenvalue weighted by Crippen LogP contribution is -2.32. The fourth-order valence-corrected chi connectivity index (χ4v) is 3.35. The molecule has 0 spiro atoms. The Morgan fingerprint density at radius 3 is 2.72 bits per heavy atom. The molecule has 1 aromatic carbocycles. The number of hydrogen-bond acceptors (Lipinski definition) is 7. The van der Waals surface area contributed by atoms with Crippen LogP contribution >= 0.6 is 0 Å². The van der Waals surface area contributed by atoms with E-state index in [4.69, 9.17) is 13.9 Å². The van der Waals surface area contributed by atoms with Gasteiger partial charge in [-0.05, 0) is 47.9 Å². The van der Waals surface area contributed by atoms with Gasteiger partial charge >= 0.3 is 0 Å². The maximum atomic E-state index is 12.4. The lowest BCUT2D eigenvalue weighted by molar-refractivity contribution is 0.0943. The maximum absolute atomic E-state index is 12.4. The van der Waals surface area contributed by atoms with Crippen molar-refractivity contribution < 1.29 is 18.7 Å². The number of carbonyl (C=O) groups is 1. The summed E-state index contributed by atoms with van der Waals surface area (Å²) in [5, 5.41) is 2.80. The van der Waals surface area contributed by atoms with Crippen molar-refractivity contribution in [2.45, 2.75) is 19.5 Å². The molecule has 0 saturated heterocycles. The van der Waals surface area contributed by atoms with Gasteiger partial charge in [0.15, 0.2) is 11.5 Å². The zero-order valence-electron chi connectivity index (χ0n) is 16.3. The first-order chi connectivity index (χ1) is 14.2. The molecule has 8 nitrogen and oxygen atoms in total. The van der Waals surface area contributed by atoms with Crippen molar-refractivity contribution in [2.75, 3.05) is 25.7 Å². The highest BCUT2D eigenvalue weighted by Crippen LogP contribution is 2.33. The number of rotatable bonds is 6. The number of furan rings is 1. The first kappa shape index (κ1) is 18.8. The average molecular weight is 394 g/mol. The van der Waals surface area contributed by atoms with Crippen LogP contribution < -0.4 is 19.7 Å². The summed E-state index contributed by atoms with van der Waals surface area (Å²) in [5.74, 6) is 2.36. The molecule has 2 aromatic heterocycles. The van der Waals surface area contributed by atoms with E-state index in [0.717, 1.165) is 24.3 Å². The van der Waals surface area contributed by atoms with E-state index < -0.39 is 0 Å². The molecule has 8 heteroatoms. The van der Waals surface area contributed by atoms with E-state index in [9.17, 15) is 4.79 Å². The second-order valence-corrected chi connectivity index (χ2v) is 6.65. The van der Waals surface area contributed by atoms with E-state index in [2.05, 4.69) is 20.2 Å². The smallest absolute Gasteiger partial charge is 0.270 e. The van der Waals surface area contributed by atoms with Crippen LogP contribution in [-0.2, 0) is 19.5 Å². The van der Waals surface area contributed by atoms with Crippen LogP contribution in [0.4, 0.5) is 5.95 Å². The predicted molar refractivity (Wildman–Crippen MR) is 106 cm³/mol. The van der Waals surface area contributed by atoms with E-state index in [0.29, 0.717) is 36.2 Å². The number of anilines is 1. The minimum Gasteiger partial charge on any atom is -0.493 e. The number of nitrogens with one attached hydrogen (secondary N) is 1. The molecule has 3 heterocycles. The van der Waals surface area contributed by atoms with E-state index in [1.165, 1.54) is 5.56 Å². The first-order valence-electron chi connectivity index (χ1n) is 9.30.